The number of ether oxygens (including phenoxy) is 1. The molecule has 0 spiro atoms. The molecule has 0 saturated carbocycles. The van der Waals surface area contributed by atoms with Crippen LogP contribution in [0.5, 0.6) is 0 Å². The van der Waals surface area contributed by atoms with Gasteiger partial charge in [-0.2, -0.15) is 0 Å². The number of hydrogen-bond acceptors (Lipinski definition) is 4. The molecule has 3 aromatic heterocycles. The van der Waals surface area contributed by atoms with Crippen LogP contribution in [0.15, 0.2) is 48.8 Å². The quantitative estimate of drug-likeness (QED) is 0.396. The van der Waals surface area contributed by atoms with Gasteiger partial charge in [0.1, 0.15) is 17.9 Å². The Hall–Kier alpha value is -4.03. The highest BCUT2D eigenvalue weighted by molar-refractivity contribution is 5.93. The molecule has 9 heteroatoms. The van der Waals surface area contributed by atoms with Crippen molar-refractivity contribution in [2.24, 2.45) is 0 Å². The zero-order valence-corrected chi connectivity index (χ0v) is 20.9. The Morgan fingerprint density at radius 3 is 2.89 bits per heavy atom. The number of aromatic amines is 1. The van der Waals surface area contributed by atoms with Gasteiger partial charge in [-0.05, 0) is 36.6 Å². The maximum absolute atomic E-state index is 15.0. The summed E-state index contributed by atoms with van der Waals surface area (Å²) in [6.07, 6.45) is 1.31. The van der Waals surface area contributed by atoms with E-state index in [2.05, 4.69) is 32.1 Å². The first-order valence-electron chi connectivity index (χ1n) is 12.7. The Bertz CT molecular complexity index is 1540. The van der Waals surface area contributed by atoms with Crippen LogP contribution < -0.4 is 5.32 Å². The van der Waals surface area contributed by atoms with Crippen LogP contribution in [-0.4, -0.2) is 50.5 Å². The van der Waals surface area contributed by atoms with Crippen LogP contribution in [0.2, 0.25) is 0 Å². The van der Waals surface area contributed by atoms with E-state index in [1.165, 1.54) is 0 Å². The fourth-order valence-corrected chi connectivity index (χ4v) is 5.14. The number of H-pyrrole nitrogens is 1. The molecular formula is C29H27F2N5O2. The summed E-state index contributed by atoms with van der Waals surface area (Å²) >= 11 is 0. The minimum Gasteiger partial charge on any atom is -0.381 e. The number of aromatic nitrogens is 4. The Morgan fingerprint density at radius 2 is 2.08 bits per heavy atom. The Labute approximate surface area is 218 Å². The maximum Gasteiger partial charge on any atom is 0.270 e. The van der Waals surface area contributed by atoms with E-state index in [4.69, 9.17) is 4.74 Å². The van der Waals surface area contributed by atoms with Gasteiger partial charge in [0.15, 0.2) is 5.67 Å². The number of carbonyl (C=O) groups excluding carboxylic acids is 1. The van der Waals surface area contributed by atoms with Crippen LogP contribution >= 0.6 is 0 Å². The van der Waals surface area contributed by atoms with Crippen molar-refractivity contribution in [1.29, 1.82) is 0 Å². The molecule has 2 aliphatic rings. The topological polar surface area (TPSA) is 84.8 Å². The van der Waals surface area contributed by atoms with Crippen molar-refractivity contribution in [1.82, 2.24) is 24.8 Å². The third kappa shape index (κ3) is 4.79. The van der Waals surface area contributed by atoms with Gasteiger partial charge in [-0.3, -0.25) is 4.79 Å². The maximum atomic E-state index is 15.0. The Balaban J connectivity index is 1.33. The number of halogens is 2. The average Bonchev–Trinajstić information content (AvgIpc) is 3.60. The van der Waals surface area contributed by atoms with Crippen molar-refractivity contribution < 1.29 is 18.3 Å². The largest absolute Gasteiger partial charge is 0.381 e. The predicted octanol–water partition coefficient (Wildman–Crippen LogP) is 4.35. The lowest BCUT2D eigenvalue weighted by Crippen LogP contribution is -2.31. The summed E-state index contributed by atoms with van der Waals surface area (Å²) in [7, 11) is 0. The number of nitrogens with zero attached hydrogens (tertiary/aromatic N) is 3. The van der Waals surface area contributed by atoms with Crippen LogP contribution in [0, 0.1) is 18.8 Å². The molecule has 2 N–H and O–H groups in total. The minimum atomic E-state index is -1.60. The van der Waals surface area contributed by atoms with Gasteiger partial charge < -0.3 is 19.6 Å². The fourth-order valence-electron chi connectivity index (χ4n) is 5.14. The van der Waals surface area contributed by atoms with Gasteiger partial charge >= 0.3 is 0 Å². The summed E-state index contributed by atoms with van der Waals surface area (Å²) in [6.45, 7) is 2.69. The summed E-state index contributed by atoms with van der Waals surface area (Å²) in [6, 6.07) is 12.4. The lowest BCUT2D eigenvalue weighted by Gasteiger charge is -2.24. The summed E-state index contributed by atoms with van der Waals surface area (Å²) < 4.78 is 36.2. The van der Waals surface area contributed by atoms with Crippen molar-refractivity contribution in [3.05, 3.63) is 82.8 Å². The van der Waals surface area contributed by atoms with Crippen LogP contribution in [0.1, 0.15) is 57.7 Å². The molecule has 0 radical (unpaired) electrons. The van der Waals surface area contributed by atoms with E-state index in [0.29, 0.717) is 30.2 Å². The molecule has 2 aliphatic heterocycles. The monoisotopic (exact) mass is 515 g/mol. The molecule has 0 bridgehead atoms. The van der Waals surface area contributed by atoms with Crippen molar-refractivity contribution in [3.8, 4) is 11.8 Å². The average molecular weight is 516 g/mol. The van der Waals surface area contributed by atoms with Crippen molar-refractivity contribution in [3.63, 3.8) is 0 Å². The first-order chi connectivity index (χ1) is 18.4. The molecule has 1 fully saturated rings. The zero-order valence-electron chi connectivity index (χ0n) is 20.9. The van der Waals surface area contributed by atoms with Gasteiger partial charge in [-0.15, -0.1) is 0 Å². The van der Waals surface area contributed by atoms with Crippen molar-refractivity contribution in [2.45, 2.75) is 50.6 Å². The van der Waals surface area contributed by atoms with Gasteiger partial charge in [0.2, 0.25) is 0 Å². The first-order valence-corrected chi connectivity index (χ1v) is 12.7. The number of imidazole rings is 1. The van der Waals surface area contributed by atoms with Gasteiger partial charge in [0.05, 0.1) is 31.8 Å². The smallest absolute Gasteiger partial charge is 0.270 e. The second-order valence-corrected chi connectivity index (χ2v) is 9.96. The summed E-state index contributed by atoms with van der Waals surface area (Å²) in [4.78, 5) is 25.9. The lowest BCUT2D eigenvalue weighted by atomic mass is 9.97. The second-order valence-electron chi connectivity index (χ2n) is 9.96. The molecule has 2 atom stereocenters. The molecule has 0 aliphatic carbocycles. The zero-order chi connectivity index (χ0) is 26.3. The number of amides is 1. The molecule has 1 aromatic carbocycles. The van der Waals surface area contributed by atoms with Gasteiger partial charge in [0.25, 0.3) is 5.91 Å². The fraction of sp³-hybridized carbons (Fsp3) is 0.345. The molecule has 1 amide bonds. The highest BCUT2D eigenvalue weighted by Crippen LogP contribution is 2.31. The molecule has 38 heavy (non-hydrogen) atoms. The number of pyridine rings is 1. The number of benzene rings is 1. The number of alkyl halides is 2. The van der Waals surface area contributed by atoms with E-state index in [0.717, 1.165) is 22.3 Å². The number of aryl methyl sites for hydroxylation is 1. The van der Waals surface area contributed by atoms with Crippen molar-refractivity contribution in [2.75, 3.05) is 13.2 Å². The summed E-state index contributed by atoms with van der Waals surface area (Å²) in [5, 5.41) is 4.04. The highest BCUT2D eigenvalue weighted by atomic mass is 19.1. The summed E-state index contributed by atoms with van der Waals surface area (Å²) in [5.41, 5.74) is 2.66. The number of para-hydroxylation sites is 1. The Morgan fingerprint density at radius 1 is 1.26 bits per heavy atom. The number of hydrogen-bond donors (Lipinski definition) is 2. The predicted molar refractivity (Wildman–Crippen MR) is 138 cm³/mol. The lowest BCUT2D eigenvalue weighted by molar-refractivity contribution is 0.0218. The van der Waals surface area contributed by atoms with E-state index < -0.39 is 23.8 Å². The van der Waals surface area contributed by atoms with Gasteiger partial charge in [0, 0.05) is 47.4 Å². The number of fused-ring (bicyclic) bond motifs is 2. The molecule has 6 rings (SSSR count). The number of carbonyl (C=O) groups is 1. The third-order valence-electron chi connectivity index (χ3n) is 7.10. The van der Waals surface area contributed by atoms with Crippen molar-refractivity contribution >= 4 is 16.8 Å². The SMILES string of the molecule is Cc1cc(C#CC2(F)CCOCC2)cc(C(=O)NC(c2cc3ccccc3[nH]2)c2ncn3c2C[C@@H](F)C3)n1. The highest BCUT2D eigenvalue weighted by Gasteiger charge is 2.32. The number of nitrogens with one attached hydrogen (secondary N) is 2. The summed E-state index contributed by atoms with van der Waals surface area (Å²) in [5.74, 6) is 5.20. The normalized spacial score (nSPS) is 19.0. The van der Waals surface area contributed by atoms with Gasteiger partial charge in [-0.25, -0.2) is 18.7 Å². The third-order valence-corrected chi connectivity index (χ3v) is 7.10. The van der Waals surface area contributed by atoms with Crippen LogP contribution in [-0.2, 0) is 17.7 Å². The van der Waals surface area contributed by atoms with E-state index >= 15 is 0 Å². The van der Waals surface area contributed by atoms with Crippen LogP contribution in [0.3, 0.4) is 0 Å². The molecule has 194 valence electrons. The minimum absolute atomic E-state index is 0.162. The molecular weight excluding hydrogens is 488 g/mol. The molecule has 1 unspecified atom stereocenters. The number of rotatable bonds is 4. The second kappa shape index (κ2) is 9.69. The van der Waals surface area contributed by atoms with Crippen LogP contribution in [0.25, 0.3) is 10.9 Å². The van der Waals surface area contributed by atoms with E-state index in [1.54, 1.807) is 30.0 Å². The van der Waals surface area contributed by atoms with Crippen LogP contribution in [0.4, 0.5) is 8.78 Å². The van der Waals surface area contributed by atoms with E-state index in [1.807, 2.05) is 30.3 Å². The van der Waals surface area contributed by atoms with Gasteiger partial charge in [-0.1, -0.05) is 30.0 Å². The standard InChI is InChI=1S/C29H27F2N5O2/c1-18-12-19(6-7-29(31)8-10-38-11-9-29)13-24(33-18)28(37)35-26(23-14-20-4-2-3-5-22(20)34-23)27-25-15-21(30)16-36(25)17-32-27/h2-5,12-14,17,21,26,34H,8-11,15-16H2,1H3,(H,35,37)/t21-,26?/m1/s1. The Kier molecular flexibility index (Phi) is 6.20. The molecule has 7 nitrogen and oxygen atoms in total. The molecule has 1 saturated heterocycles. The molecule has 5 heterocycles. The van der Waals surface area contributed by atoms with E-state index in [9.17, 15) is 13.6 Å². The first kappa shape index (κ1) is 24.3. The van der Waals surface area contributed by atoms with E-state index in [-0.39, 0.29) is 31.5 Å². The molecule has 4 aromatic rings.